The van der Waals surface area contributed by atoms with Crippen LogP contribution >= 0.6 is 11.6 Å². The molecule has 1 unspecified atom stereocenters. The second-order valence-corrected chi connectivity index (χ2v) is 4.51. The van der Waals surface area contributed by atoms with Gasteiger partial charge in [0.2, 0.25) is 0 Å². The lowest BCUT2D eigenvalue weighted by Gasteiger charge is -2.12. The molecule has 0 aliphatic heterocycles. The fraction of sp³-hybridized carbons (Fsp3) is 0.0667. The molecule has 0 spiro atoms. The summed E-state index contributed by atoms with van der Waals surface area (Å²) in [5, 5.41) is 9.70. The Morgan fingerprint density at radius 1 is 1.10 bits per heavy atom. The second-order valence-electron chi connectivity index (χ2n) is 4.07. The second kappa shape index (κ2) is 6.71. The minimum absolute atomic E-state index is 0.283. The van der Waals surface area contributed by atoms with Crippen LogP contribution in [0.2, 0.25) is 5.02 Å². The number of halogens is 1. The first-order chi connectivity index (χ1) is 9.70. The van der Waals surface area contributed by atoms with Crippen molar-refractivity contribution in [1.29, 1.82) is 5.26 Å². The lowest BCUT2D eigenvalue weighted by Crippen LogP contribution is -2.39. The van der Waals surface area contributed by atoms with Crippen LogP contribution in [0.3, 0.4) is 0 Å². The molecule has 1 atom stereocenters. The molecule has 20 heavy (non-hydrogen) atoms. The van der Waals surface area contributed by atoms with Crippen molar-refractivity contribution in [1.82, 2.24) is 5.43 Å². The Hall–Kier alpha value is -2.35. The first kappa shape index (κ1) is 14.1. The Kier molecular flexibility index (Phi) is 4.72. The van der Waals surface area contributed by atoms with Crippen LogP contribution < -0.4 is 10.9 Å². The third kappa shape index (κ3) is 3.58. The van der Waals surface area contributed by atoms with E-state index in [9.17, 15) is 4.79 Å². The number of nitrogens with one attached hydrogen (secondary N) is 2. The van der Waals surface area contributed by atoms with Crippen molar-refractivity contribution in [2.24, 2.45) is 0 Å². The summed E-state index contributed by atoms with van der Waals surface area (Å²) in [5.74, 6) is -0.283. The predicted octanol–water partition coefficient (Wildman–Crippen LogP) is 3.03. The van der Waals surface area contributed by atoms with Crippen molar-refractivity contribution in [2.75, 3.05) is 5.43 Å². The zero-order valence-corrected chi connectivity index (χ0v) is 11.3. The van der Waals surface area contributed by atoms with Gasteiger partial charge in [-0.25, -0.2) is 5.43 Å². The molecule has 0 aliphatic carbocycles. The van der Waals surface area contributed by atoms with Crippen LogP contribution in [0.4, 0.5) is 5.69 Å². The summed E-state index contributed by atoms with van der Waals surface area (Å²) >= 11 is 5.78. The number of hydrogen-bond acceptors (Lipinski definition) is 4. The summed E-state index contributed by atoms with van der Waals surface area (Å²) < 4.78 is 0. The first-order valence-corrected chi connectivity index (χ1v) is 6.34. The van der Waals surface area contributed by atoms with Crippen LogP contribution in [0.1, 0.15) is 10.4 Å². The van der Waals surface area contributed by atoms with Crippen LogP contribution in [-0.2, 0) is 0 Å². The number of nitrogens with zero attached hydrogens (tertiary/aromatic N) is 1. The molecule has 100 valence electrons. The van der Waals surface area contributed by atoms with Crippen molar-refractivity contribution in [3.8, 4) is 6.07 Å². The van der Waals surface area contributed by atoms with Gasteiger partial charge in [-0.2, -0.15) is 5.26 Å². The largest absolute Gasteiger partial charge is 0.320 e. The molecule has 2 rings (SSSR count). The van der Waals surface area contributed by atoms with Crippen molar-refractivity contribution >= 4 is 23.1 Å². The number of nitriles is 1. The van der Waals surface area contributed by atoms with Crippen LogP contribution in [0.15, 0.2) is 54.6 Å². The van der Waals surface area contributed by atoms with Crippen molar-refractivity contribution in [2.45, 2.75) is 6.04 Å². The van der Waals surface area contributed by atoms with Gasteiger partial charge < -0.3 is 5.43 Å². The monoisotopic (exact) mass is 285 g/mol. The molecule has 0 amide bonds. The van der Waals surface area contributed by atoms with E-state index in [2.05, 4.69) is 10.9 Å². The maximum absolute atomic E-state index is 12.1. The quantitative estimate of drug-likeness (QED) is 0.655. The zero-order valence-electron chi connectivity index (χ0n) is 10.5. The van der Waals surface area contributed by atoms with Crippen molar-refractivity contribution in [3.05, 3.63) is 65.2 Å². The number of Topliss-reactive ketones (excluding diaryl/α,β-unsaturated/α-hetero) is 1. The normalized spacial score (nSPS) is 11.4. The topological polar surface area (TPSA) is 64.9 Å². The van der Waals surface area contributed by atoms with E-state index in [-0.39, 0.29) is 5.78 Å². The molecule has 2 aromatic carbocycles. The zero-order chi connectivity index (χ0) is 14.4. The maximum Gasteiger partial charge on any atom is 0.195 e. The number of hydrogen-bond donors (Lipinski definition) is 2. The molecular weight excluding hydrogens is 274 g/mol. The van der Waals surface area contributed by atoms with E-state index in [1.165, 1.54) is 0 Å². The number of ketones is 1. The fourth-order valence-corrected chi connectivity index (χ4v) is 1.74. The van der Waals surface area contributed by atoms with Gasteiger partial charge in [0.05, 0.1) is 6.07 Å². The van der Waals surface area contributed by atoms with E-state index in [1.807, 2.05) is 12.1 Å². The Balaban J connectivity index is 2.01. The smallest absolute Gasteiger partial charge is 0.195 e. The van der Waals surface area contributed by atoms with E-state index in [0.29, 0.717) is 10.6 Å². The Morgan fingerprint density at radius 2 is 1.75 bits per heavy atom. The lowest BCUT2D eigenvalue weighted by molar-refractivity contribution is 0.0969. The van der Waals surface area contributed by atoms with Gasteiger partial charge >= 0.3 is 0 Å². The Bertz CT molecular complexity index is 620. The number of anilines is 1. The molecule has 0 aliphatic rings. The number of rotatable bonds is 5. The average molecular weight is 286 g/mol. The number of benzene rings is 2. The highest BCUT2D eigenvalue weighted by Crippen LogP contribution is 2.12. The third-order valence-electron chi connectivity index (χ3n) is 2.65. The van der Waals surface area contributed by atoms with Crippen LogP contribution in [-0.4, -0.2) is 11.8 Å². The number of carbonyl (C=O) groups is 1. The summed E-state index contributed by atoms with van der Waals surface area (Å²) in [7, 11) is 0. The summed E-state index contributed by atoms with van der Waals surface area (Å²) in [5.41, 5.74) is 6.73. The van der Waals surface area contributed by atoms with Gasteiger partial charge in [-0.3, -0.25) is 4.79 Å². The van der Waals surface area contributed by atoms with E-state index in [1.54, 1.807) is 48.5 Å². The van der Waals surface area contributed by atoms with Crippen molar-refractivity contribution < 1.29 is 4.79 Å². The standard InChI is InChI=1S/C15H12ClN3O/c16-12-6-8-13(9-7-12)18-19-14(10-17)15(20)11-4-2-1-3-5-11/h1-9,14,18-19H. The molecule has 0 fully saturated rings. The molecule has 0 saturated carbocycles. The molecule has 0 saturated heterocycles. The van der Waals surface area contributed by atoms with Gasteiger partial charge in [-0.05, 0) is 24.3 Å². The Morgan fingerprint density at radius 3 is 2.35 bits per heavy atom. The van der Waals surface area contributed by atoms with Gasteiger partial charge in [-0.1, -0.05) is 41.9 Å². The van der Waals surface area contributed by atoms with E-state index in [0.717, 1.165) is 5.69 Å². The maximum atomic E-state index is 12.1. The van der Waals surface area contributed by atoms with Gasteiger partial charge in [-0.15, -0.1) is 0 Å². The summed E-state index contributed by atoms with van der Waals surface area (Å²) in [4.78, 5) is 12.1. The van der Waals surface area contributed by atoms with Gasteiger partial charge in [0.15, 0.2) is 11.8 Å². The molecule has 0 radical (unpaired) electrons. The minimum atomic E-state index is -0.965. The highest BCUT2D eigenvalue weighted by molar-refractivity contribution is 6.30. The number of carbonyl (C=O) groups excluding carboxylic acids is 1. The Labute approximate surface area is 122 Å². The molecule has 2 N–H and O–H groups in total. The molecule has 0 heterocycles. The molecule has 0 aromatic heterocycles. The highest BCUT2D eigenvalue weighted by Gasteiger charge is 2.18. The first-order valence-electron chi connectivity index (χ1n) is 5.96. The fourth-order valence-electron chi connectivity index (χ4n) is 1.61. The molecule has 2 aromatic rings. The van der Waals surface area contributed by atoms with E-state index in [4.69, 9.17) is 16.9 Å². The van der Waals surface area contributed by atoms with Crippen molar-refractivity contribution in [3.63, 3.8) is 0 Å². The van der Waals surface area contributed by atoms with Gasteiger partial charge in [0.1, 0.15) is 0 Å². The van der Waals surface area contributed by atoms with E-state index >= 15 is 0 Å². The molecule has 5 heteroatoms. The predicted molar refractivity (Wildman–Crippen MR) is 78.4 cm³/mol. The van der Waals surface area contributed by atoms with Gasteiger partial charge in [0, 0.05) is 16.3 Å². The molecular formula is C15H12ClN3O. The van der Waals surface area contributed by atoms with Crippen LogP contribution in [0.25, 0.3) is 0 Å². The summed E-state index contributed by atoms with van der Waals surface area (Å²) in [6.07, 6.45) is 0. The SMILES string of the molecule is N#CC(NNc1ccc(Cl)cc1)C(=O)c1ccccc1. The molecule has 4 nitrogen and oxygen atoms in total. The summed E-state index contributed by atoms with van der Waals surface area (Å²) in [6, 6.07) is 16.6. The molecule has 0 bridgehead atoms. The van der Waals surface area contributed by atoms with Crippen LogP contribution in [0, 0.1) is 11.3 Å². The summed E-state index contributed by atoms with van der Waals surface area (Å²) in [6.45, 7) is 0. The van der Waals surface area contributed by atoms with Crippen LogP contribution in [0.5, 0.6) is 0 Å². The number of hydrazine groups is 1. The van der Waals surface area contributed by atoms with E-state index < -0.39 is 6.04 Å². The highest BCUT2D eigenvalue weighted by atomic mass is 35.5. The third-order valence-corrected chi connectivity index (χ3v) is 2.91. The van der Waals surface area contributed by atoms with Gasteiger partial charge in [0.25, 0.3) is 0 Å². The average Bonchev–Trinajstić information content (AvgIpc) is 2.50. The lowest BCUT2D eigenvalue weighted by atomic mass is 10.1. The minimum Gasteiger partial charge on any atom is -0.320 e.